The minimum absolute atomic E-state index is 0.173. The Labute approximate surface area is 104 Å². The first kappa shape index (κ1) is 14.0. The fraction of sp³-hybridized carbons (Fsp3) is 0.700. The average molecular weight is 259 g/mol. The maximum absolute atomic E-state index is 10.5. The van der Waals surface area contributed by atoms with Crippen LogP contribution in [-0.2, 0) is 16.0 Å². The summed E-state index contributed by atoms with van der Waals surface area (Å²) in [6.45, 7) is 5.95. The molecule has 0 amide bonds. The van der Waals surface area contributed by atoms with Gasteiger partial charge in [0.15, 0.2) is 5.82 Å². The first-order chi connectivity index (χ1) is 7.80. The fourth-order valence-corrected chi connectivity index (χ4v) is 1.78. The Balaban J connectivity index is 2.43. The van der Waals surface area contributed by atoms with Crippen molar-refractivity contribution in [3.05, 3.63) is 11.7 Å². The van der Waals surface area contributed by atoms with E-state index in [4.69, 9.17) is 15.4 Å². The van der Waals surface area contributed by atoms with Gasteiger partial charge in [0, 0.05) is 11.2 Å². The van der Waals surface area contributed by atoms with Gasteiger partial charge in [0.2, 0.25) is 5.89 Å². The van der Waals surface area contributed by atoms with E-state index >= 15 is 0 Å². The fourth-order valence-electron chi connectivity index (χ4n) is 0.966. The molecule has 0 aliphatic carbocycles. The third kappa shape index (κ3) is 4.35. The van der Waals surface area contributed by atoms with E-state index in [1.807, 2.05) is 20.8 Å². The van der Waals surface area contributed by atoms with E-state index in [1.54, 1.807) is 0 Å². The van der Waals surface area contributed by atoms with Gasteiger partial charge in [-0.1, -0.05) is 25.9 Å². The summed E-state index contributed by atoms with van der Waals surface area (Å²) in [6, 6.07) is -0.853. The molecule has 1 heterocycles. The number of hydrogen-bond acceptors (Lipinski definition) is 6. The Morgan fingerprint density at radius 2 is 2.24 bits per heavy atom. The molecular formula is C10H17N3O3S. The maximum Gasteiger partial charge on any atom is 0.321 e. The topological polar surface area (TPSA) is 102 Å². The summed E-state index contributed by atoms with van der Waals surface area (Å²) < 4.78 is 5.11. The van der Waals surface area contributed by atoms with Crippen molar-refractivity contribution in [3.63, 3.8) is 0 Å². The summed E-state index contributed by atoms with van der Waals surface area (Å²) >= 11 is 1.38. The van der Waals surface area contributed by atoms with Crippen molar-refractivity contribution in [2.24, 2.45) is 5.73 Å². The molecule has 7 heteroatoms. The van der Waals surface area contributed by atoms with Gasteiger partial charge in [-0.25, -0.2) is 0 Å². The van der Waals surface area contributed by atoms with Crippen molar-refractivity contribution < 1.29 is 14.4 Å². The number of rotatable bonds is 5. The van der Waals surface area contributed by atoms with E-state index in [9.17, 15) is 4.79 Å². The summed E-state index contributed by atoms with van der Waals surface area (Å²) in [7, 11) is 0. The second-order valence-electron chi connectivity index (χ2n) is 4.73. The van der Waals surface area contributed by atoms with Crippen LogP contribution < -0.4 is 5.73 Å². The summed E-state index contributed by atoms with van der Waals surface area (Å²) in [5.41, 5.74) is 5.20. The van der Waals surface area contributed by atoms with Crippen molar-refractivity contribution in [1.29, 1.82) is 0 Å². The van der Waals surface area contributed by atoms with E-state index in [0.717, 1.165) is 0 Å². The van der Waals surface area contributed by atoms with E-state index in [-0.39, 0.29) is 5.41 Å². The van der Waals surface area contributed by atoms with Gasteiger partial charge in [-0.15, -0.1) is 0 Å². The van der Waals surface area contributed by atoms with Crippen molar-refractivity contribution in [2.75, 3.05) is 5.75 Å². The monoisotopic (exact) mass is 259 g/mol. The van der Waals surface area contributed by atoms with Gasteiger partial charge in [0.25, 0.3) is 0 Å². The number of carboxylic acids is 1. The highest BCUT2D eigenvalue weighted by Crippen LogP contribution is 2.21. The van der Waals surface area contributed by atoms with Crippen LogP contribution >= 0.6 is 11.8 Å². The van der Waals surface area contributed by atoms with Crippen LogP contribution in [0.5, 0.6) is 0 Å². The molecule has 0 saturated carbocycles. The molecule has 6 nitrogen and oxygen atoms in total. The van der Waals surface area contributed by atoms with Crippen LogP contribution in [0.1, 0.15) is 32.5 Å². The highest BCUT2D eigenvalue weighted by atomic mass is 32.2. The van der Waals surface area contributed by atoms with E-state index < -0.39 is 12.0 Å². The lowest BCUT2D eigenvalue weighted by Gasteiger charge is -2.10. The molecule has 0 saturated heterocycles. The molecule has 0 radical (unpaired) electrons. The van der Waals surface area contributed by atoms with Crippen LogP contribution in [0.15, 0.2) is 4.52 Å². The first-order valence-electron chi connectivity index (χ1n) is 5.20. The number of hydrogen-bond donors (Lipinski definition) is 2. The van der Waals surface area contributed by atoms with E-state index in [1.165, 1.54) is 11.8 Å². The number of carbonyl (C=O) groups is 1. The Hall–Kier alpha value is -1.08. The predicted octanol–water partition coefficient (Wildman–Crippen LogP) is 1.01. The zero-order valence-corrected chi connectivity index (χ0v) is 11.0. The van der Waals surface area contributed by atoms with Gasteiger partial charge in [0.1, 0.15) is 6.04 Å². The Morgan fingerprint density at radius 1 is 1.59 bits per heavy atom. The Kier molecular flexibility index (Phi) is 4.53. The molecule has 0 aliphatic rings. The lowest BCUT2D eigenvalue weighted by Crippen LogP contribution is -2.32. The molecule has 96 valence electrons. The quantitative estimate of drug-likeness (QED) is 0.813. The zero-order chi connectivity index (χ0) is 13.1. The molecular weight excluding hydrogens is 242 g/mol. The molecule has 0 aromatic carbocycles. The SMILES string of the molecule is CC(C)(C)c1nc(CSC[C@@H](N)C(=O)O)no1. The standard InChI is InChI=1S/C10H17N3O3S/c1-10(2,3)9-12-7(13-16-9)5-17-4-6(11)8(14)15/h6H,4-5,11H2,1-3H3,(H,14,15)/t6-/m1/s1. The molecule has 1 aromatic heterocycles. The Morgan fingerprint density at radius 3 is 2.71 bits per heavy atom. The molecule has 17 heavy (non-hydrogen) atoms. The molecule has 0 fully saturated rings. The molecule has 0 bridgehead atoms. The summed E-state index contributed by atoms with van der Waals surface area (Å²) in [4.78, 5) is 14.7. The third-order valence-corrected chi connectivity index (χ3v) is 3.01. The molecule has 1 atom stereocenters. The minimum atomic E-state index is -0.999. The van der Waals surface area contributed by atoms with Crippen molar-refractivity contribution in [1.82, 2.24) is 10.1 Å². The molecule has 3 N–H and O–H groups in total. The van der Waals surface area contributed by atoms with E-state index in [0.29, 0.717) is 23.2 Å². The highest BCUT2D eigenvalue weighted by molar-refractivity contribution is 7.98. The van der Waals surface area contributed by atoms with Gasteiger partial charge in [-0.05, 0) is 0 Å². The summed E-state index contributed by atoms with van der Waals surface area (Å²) in [6.07, 6.45) is 0. The van der Waals surface area contributed by atoms with E-state index in [2.05, 4.69) is 10.1 Å². The van der Waals surface area contributed by atoms with Crippen LogP contribution in [0.2, 0.25) is 0 Å². The smallest absolute Gasteiger partial charge is 0.321 e. The maximum atomic E-state index is 10.5. The van der Waals surface area contributed by atoms with Gasteiger partial charge in [-0.3, -0.25) is 4.79 Å². The number of carboxylic acid groups (broad SMARTS) is 1. The second-order valence-corrected chi connectivity index (χ2v) is 5.76. The number of aliphatic carboxylic acids is 1. The van der Waals surface area contributed by atoms with Crippen LogP contribution in [0.4, 0.5) is 0 Å². The predicted molar refractivity (Wildman–Crippen MR) is 64.8 cm³/mol. The first-order valence-corrected chi connectivity index (χ1v) is 6.35. The van der Waals surface area contributed by atoms with Crippen LogP contribution in [0.3, 0.4) is 0 Å². The van der Waals surface area contributed by atoms with Crippen molar-refractivity contribution >= 4 is 17.7 Å². The summed E-state index contributed by atoms with van der Waals surface area (Å²) in [5.74, 6) is 0.976. The lowest BCUT2D eigenvalue weighted by molar-refractivity contribution is -0.137. The van der Waals surface area contributed by atoms with Crippen LogP contribution in [0, 0.1) is 0 Å². The van der Waals surface area contributed by atoms with Crippen molar-refractivity contribution in [3.8, 4) is 0 Å². The molecule has 1 aromatic rings. The minimum Gasteiger partial charge on any atom is -0.480 e. The number of aromatic nitrogens is 2. The van der Waals surface area contributed by atoms with Gasteiger partial charge < -0.3 is 15.4 Å². The normalized spacial score (nSPS) is 13.6. The number of nitrogens with two attached hydrogens (primary N) is 1. The van der Waals surface area contributed by atoms with Gasteiger partial charge >= 0.3 is 5.97 Å². The average Bonchev–Trinajstić information content (AvgIpc) is 2.65. The highest BCUT2D eigenvalue weighted by Gasteiger charge is 2.21. The second kappa shape index (κ2) is 5.50. The van der Waals surface area contributed by atoms with Gasteiger partial charge in [-0.2, -0.15) is 16.7 Å². The molecule has 1 rings (SSSR count). The van der Waals surface area contributed by atoms with Crippen LogP contribution in [0.25, 0.3) is 0 Å². The molecule has 0 aliphatic heterocycles. The van der Waals surface area contributed by atoms with Gasteiger partial charge in [0.05, 0.1) is 5.75 Å². The van der Waals surface area contributed by atoms with Crippen LogP contribution in [-0.4, -0.2) is 33.0 Å². The third-order valence-electron chi connectivity index (χ3n) is 1.96. The zero-order valence-electron chi connectivity index (χ0n) is 10.1. The van der Waals surface area contributed by atoms with Crippen molar-refractivity contribution in [2.45, 2.75) is 38.0 Å². The lowest BCUT2D eigenvalue weighted by atomic mass is 9.97. The largest absolute Gasteiger partial charge is 0.480 e. The number of nitrogens with zero attached hydrogens (tertiary/aromatic N) is 2. The number of thioether (sulfide) groups is 1. The molecule has 0 unspecified atom stereocenters. The summed E-state index contributed by atoms with van der Waals surface area (Å²) in [5, 5.41) is 12.4. The molecule has 0 spiro atoms. The Bertz CT molecular complexity index is 386.